The Morgan fingerprint density at radius 2 is 1.77 bits per heavy atom. The largest absolute Gasteiger partial charge is 0.365 e. The van der Waals surface area contributed by atoms with Crippen LogP contribution in [-0.2, 0) is 4.79 Å². The van der Waals surface area contributed by atoms with Gasteiger partial charge in [-0.05, 0) is 19.1 Å². The summed E-state index contributed by atoms with van der Waals surface area (Å²) in [5.41, 5.74) is 0.337. The van der Waals surface area contributed by atoms with Crippen LogP contribution in [0, 0.1) is 11.6 Å². The summed E-state index contributed by atoms with van der Waals surface area (Å²) in [4.78, 5) is 28.4. The maximum atomic E-state index is 13.2. The number of benzene rings is 2. The van der Waals surface area contributed by atoms with Gasteiger partial charge in [0.1, 0.15) is 17.7 Å². The van der Waals surface area contributed by atoms with Gasteiger partial charge in [0.15, 0.2) is 0 Å². The fraction of sp³-hybridized carbons (Fsp3) is 0.111. The van der Waals surface area contributed by atoms with E-state index in [0.29, 0.717) is 11.8 Å². The first-order chi connectivity index (χ1) is 12.4. The van der Waals surface area contributed by atoms with Crippen LogP contribution in [0.5, 0.6) is 0 Å². The van der Waals surface area contributed by atoms with Gasteiger partial charge in [-0.25, -0.2) is 18.3 Å². The number of nitrogens with zero attached hydrogens (tertiary/aromatic N) is 3. The maximum absolute atomic E-state index is 13.2. The summed E-state index contributed by atoms with van der Waals surface area (Å²) in [5.74, 6) is -2.30. The molecule has 26 heavy (non-hydrogen) atoms. The van der Waals surface area contributed by atoms with Crippen molar-refractivity contribution in [3.05, 3.63) is 76.8 Å². The van der Waals surface area contributed by atoms with E-state index in [4.69, 9.17) is 0 Å². The van der Waals surface area contributed by atoms with Crippen LogP contribution in [0.2, 0.25) is 0 Å². The van der Waals surface area contributed by atoms with E-state index < -0.39 is 29.3 Å². The predicted octanol–water partition coefficient (Wildman–Crippen LogP) is 2.78. The minimum Gasteiger partial charge on any atom is -0.324 e. The predicted molar refractivity (Wildman–Crippen MR) is 91.4 cm³/mol. The molecule has 0 bridgehead atoms. The summed E-state index contributed by atoms with van der Waals surface area (Å²) in [6.07, 6.45) is 1.38. The van der Waals surface area contributed by atoms with Crippen molar-refractivity contribution < 1.29 is 13.6 Å². The van der Waals surface area contributed by atoms with Gasteiger partial charge in [-0.3, -0.25) is 4.79 Å². The highest BCUT2D eigenvalue weighted by molar-refractivity contribution is 5.93. The number of aromatic nitrogens is 3. The summed E-state index contributed by atoms with van der Waals surface area (Å²) in [6, 6.07) is 10.6. The Morgan fingerprint density at radius 1 is 1.12 bits per heavy atom. The second kappa shape index (κ2) is 7.22. The molecule has 2 aromatic carbocycles. The molecule has 1 atom stereocenters. The van der Waals surface area contributed by atoms with E-state index in [1.54, 1.807) is 24.3 Å². The molecular weight excluding hydrogens is 342 g/mol. The highest BCUT2D eigenvalue weighted by atomic mass is 19.1. The molecule has 0 saturated carbocycles. The number of nitrogens with one attached hydrogen (secondary N) is 1. The van der Waals surface area contributed by atoms with E-state index in [9.17, 15) is 18.4 Å². The zero-order valence-electron chi connectivity index (χ0n) is 13.7. The van der Waals surface area contributed by atoms with Crippen LogP contribution in [0.25, 0.3) is 11.3 Å². The van der Waals surface area contributed by atoms with Crippen molar-refractivity contribution in [1.29, 1.82) is 0 Å². The molecule has 1 aromatic heterocycles. The first-order valence-electron chi connectivity index (χ1n) is 7.72. The molecule has 1 heterocycles. The molecule has 0 saturated heterocycles. The number of anilines is 1. The van der Waals surface area contributed by atoms with Crippen LogP contribution in [0.4, 0.5) is 14.5 Å². The van der Waals surface area contributed by atoms with E-state index in [1.165, 1.54) is 13.1 Å². The molecule has 6 nitrogen and oxygen atoms in total. The highest BCUT2D eigenvalue weighted by Gasteiger charge is 2.19. The summed E-state index contributed by atoms with van der Waals surface area (Å²) in [5, 5.41) is 6.33. The molecule has 3 rings (SSSR count). The lowest BCUT2D eigenvalue weighted by Crippen LogP contribution is -2.34. The van der Waals surface area contributed by atoms with E-state index in [1.807, 2.05) is 6.07 Å². The van der Waals surface area contributed by atoms with Gasteiger partial charge in [-0.1, -0.05) is 30.3 Å². The van der Waals surface area contributed by atoms with Crippen molar-refractivity contribution >= 4 is 11.6 Å². The van der Waals surface area contributed by atoms with Crippen LogP contribution >= 0.6 is 0 Å². The van der Waals surface area contributed by atoms with Crippen molar-refractivity contribution in [2.75, 3.05) is 5.32 Å². The van der Waals surface area contributed by atoms with Crippen molar-refractivity contribution in [2.24, 2.45) is 0 Å². The fourth-order valence-electron chi connectivity index (χ4n) is 2.35. The Kier molecular flexibility index (Phi) is 4.83. The first-order valence-corrected chi connectivity index (χ1v) is 7.72. The molecule has 0 spiro atoms. The summed E-state index contributed by atoms with van der Waals surface area (Å²) < 4.78 is 27.3. The molecule has 0 aliphatic rings. The summed E-state index contributed by atoms with van der Waals surface area (Å²) in [6.45, 7) is 1.43. The standard InChI is InChI=1S/C18H14F2N4O2/c1-11(17(25)22-15-8-13(19)7-14(20)9-15)24-18(26)23-16(10-21-24)12-5-3-2-4-6-12/h2-11H,1H3,(H,22,25)/t11-/m1/s1. The molecule has 0 unspecified atom stereocenters. The van der Waals surface area contributed by atoms with Gasteiger partial charge in [0.05, 0.1) is 11.9 Å². The first kappa shape index (κ1) is 17.4. The van der Waals surface area contributed by atoms with Gasteiger partial charge in [0.2, 0.25) is 5.91 Å². The Balaban J connectivity index is 1.82. The Hall–Kier alpha value is -3.42. The number of amides is 1. The van der Waals surface area contributed by atoms with Crippen LogP contribution in [0.15, 0.2) is 59.5 Å². The van der Waals surface area contributed by atoms with Crippen LogP contribution in [0.3, 0.4) is 0 Å². The number of hydrogen-bond donors (Lipinski definition) is 1. The minimum absolute atomic E-state index is 0.0544. The van der Waals surface area contributed by atoms with Gasteiger partial charge in [-0.15, -0.1) is 0 Å². The molecule has 8 heteroatoms. The Labute approximate surface area is 147 Å². The van der Waals surface area contributed by atoms with Gasteiger partial charge in [0, 0.05) is 17.3 Å². The van der Waals surface area contributed by atoms with Crippen molar-refractivity contribution in [2.45, 2.75) is 13.0 Å². The van der Waals surface area contributed by atoms with Crippen LogP contribution < -0.4 is 11.0 Å². The third-order valence-corrected chi connectivity index (χ3v) is 3.66. The van der Waals surface area contributed by atoms with Gasteiger partial charge < -0.3 is 5.32 Å². The second-order valence-corrected chi connectivity index (χ2v) is 5.56. The average molecular weight is 356 g/mol. The van der Waals surface area contributed by atoms with Gasteiger partial charge in [0.25, 0.3) is 0 Å². The smallest absolute Gasteiger partial charge is 0.324 e. The highest BCUT2D eigenvalue weighted by Crippen LogP contribution is 2.16. The topological polar surface area (TPSA) is 76.9 Å². The van der Waals surface area contributed by atoms with Gasteiger partial charge in [-0.2, -0.15) is 10.1 Å². The number of hydrogen-bond acceptors (Lipinski definition) is 4. The Morgan fingerprint density at radius 3 is 2.38 bits per heavy atom. The van der Waals surface area contributed by atoms with E-state index >= 15 is 0 Å². The Bertz CT molecular complexity index is 985. The zero-order chi connectivity index (χ0) is 18.7. The lowest BCUT2D eigenvalue weighted by Gasteiger charge is -2.14. The summed E-state index contributed by atoms with van der Waals surface area (Å²) in [7, 11) is 0. The molecular formula is C18H14F2N4O2. The molecule has 0 aliphatic heterocycles. The zero-order valence-corrected chi connectivity index (χ0v) is 13.7. The second-order valence-electron chi connectivity index (χ2n) is 5.56. The monoisotopic (exact) mass is 356 g/mol. The lowest BCUT2D eigenvalue weighted by atomic mass is 10.2. The third kappa shape index (κ3) is 3.80. The lowest BCUT2D eigenvalue weighted by molar-refractivity contribution is -0.119. The fourth-order valence-corrected chi connectivity index (χ4v) is 2.35. The molecule has 0 radical (unpaired) electrons. The van der Waals surface area contributed by atoms with Crippen molar-refractivity contribution in [3.63, 3.8) is 0 Å². The molecule has 132 valence electrons. The SMILES string of the molecule is C[C@H](C(=O)Nc1cc(F)cc(F)c1)n1ncc(-c2ccccc2)nc1=O. The molecule has 1 amide bonds. The maximum Gasteiger partial charge on any atom is 0.365 e. The molecule has 0 fully saturated rings. The van der Waals surface area contributed by atoms with Crippen LogP contribution in [0.1, 0.15) is 13.0 Å². The number of rotatable bonds is 4. The average Bonchev–Trinajstić information content (AvgIpc) is 2.61. The van der Waals surface area contributed by atoms with Crippen molar-refractivity contribution in [1.82, 2.24) is 14.8 Å². The molecule has 1 N–H and O–H groups in total. The van der Waals surface area contributed by atoms with E-state index in [-0.39, 0.29) is 5.69 Å². The molecule has 0 aliphatic carbocycles. The quantitative estimate of drug-likeness (QED) is 0.780. The minimum atomic E-state index is -1.02. The number of carbonyl (C=O) groups excluding carboxylic acids is 1. The van der Waals surface area contributed by atoms with Gasteiger partial charge >= 0.3 is 5.69 Å². The normalized spacial score (nSPS) is 11.8. The number of carbonyl (C=O) groups is 1. The van der Waals surface area contributed by atoms with Crippen LogP contribution in [-0.4, -0.2) is 20.7 Å². The summed E-state index contributed by atoms with van der Waals surface area (Å²) >= 11 is 0. The van der Waals surface area contributed by atoms with E-state index in [0.717, 1.165) is 22.4 Å². The molecule has 3 aromatic rings. The number of halogens is 2. The van der Waals surface area contributed by atoms with Crippen molar-refractivity contribution in [3.8, 4) is 11.3 Å². The third-order valence-electron chi connectivity index (χ3n) is 3.66. The van der Waals surface area contributed by atoms with E-state index in [2.05, 4.69) is 15.4 Å².